The summed E-state index contributed by atoms with van der Waals surface area (Å²) in [6, 6.07) is 8.92. The average molecular weight is 473 g/mol. The second kappa shape index (κ2) is 9.07. The Morgan fingerprint density at radius 1 is 1.30 bits per heavy atom. The highest BCUT2D eigenvalue weighted by molar-refractivity contribution is 6.30. The Bertz CT molecular complexity index is 1040. The van der Waals surface area contributed by atoms with E-state index < -0.39 is 0 Å². The van der Waals surface area contributed by atoms with Crippen molar-refractivity contribution in [1.29, 1.82) is 0 Å². The van der Waals surface area contributed by atoms with Gasteiger partial charge >= 0.3 is 6.09 Å². The van der Waals surface area contributed by atoms with Crippen molar-refractivity contribution in [2.24, 2.45) is 0 Å². The van der Waals surface area contributed by atoms with Gasteiger partial charge < -0.3 is 29.7 Å². The number of ether oxygens (including phenoxy) is 2. The zero-order valence-corrected chi connectivity index (χ0v) is 18.7. The summed E-state index contributed by atoms with van der Waals surface area (Å²) in [4.78, 5) is 32.6. The SMILES string of the molecule is O=C(NCc1ccc(Cl)cc1)c1cc(O[C@H]2CCN3C(=O)OC[C@@H]3C2)c(N2CC(O)C2)cn1. The molecule has 2 amide bonds. The van der Waals surface area contributed by atoms with Gasteiger partial charge in [-0.05, 0) is 17.7 Å². The third kappa shape index (κ3) is 4.69. The van der Waals surface area contributed by atoms with Gasteiger partial charge in [-0.3, -0.25) is 4.79 Å². The number of amides is 2. The van der Waals surface area contributed by atoms with E-state index in [0.717, 1.165) is 11.3 Å². The number of nitrogens with zero attached hydrogens (tertiary/aromatic N) is 3. The van der Waals surface area contributed by atoms with Crippen LogP contribution in [-0.4, -0.2) is 71.5 Å². The summed E-state index contributed by atoms with van der Waals surface area (Å²) >= 11 is 5.91. The molecule has 3 aliphatic rings. The number of rotatable bonds is 6. The molecule has 1 aromatic carbocycles. The van der Waals surface area contributed by atoms with E-state index in [0.29, 0.717) is 56.4 Å². The molecular formula is C23H25ClN4O5. The number of aliphatic hydroxyl groups excluding tert-OH is 1. The molecule has 0 radical (unpaired) electrons. The first-order chi connectivity index (χ1) is 16.0. The number of nitrogens with one attached hydrogen (secondary N) is 1. The molecule has 2 aromatic rings. The Hall–Kier alpha value is -3.04. The van der Waals surface area contributed by atoms with E-state index in [-0.39, 0.29) is 35.9 Å². The lowest BCUT2D eigenvalue weighted by Crippen LogP contribution is -2.51. The number of piperidine rings is 1. The molecule has 4 heterocycles. The Morgan fingerprint density at radius 2 is 2.09 bits per heavy atom. The van der Waals surface area contributed by atoms with Crippen molar-refractivity contribution in [2.75, 3.05) is 31.1 Å². The van der Waals surface area contributed by atoms with E-state index >= 15 is 0 Å². The minimum Gasteiger partial charge on any atom is -0.488 e. The van der Waals surface area contributed by atoms with E-state index in [4.69, 9.17) is 21.1 Å². The van der Waals surface area contributed by atoms with Crippen LogP contribution in [0.4, 0.5) is 10.5 Å². The number of fused-ring (bicyclic) bond motifs is 1. The summed E-state index contributed by atoms with van der Waals surface area (Å²) in [6.45, 7) is 2.28. The zero-order chi connectivity index (χ0) is 22.9. The Labute approximate surface area is 196 Å². The maximum atomic E-state index is 12.8. The summed E-state index contributed by atoms with van der Waals surface area (Å²) in [5, 5.41) is 13.2. The summed E-state index contributed by atoms with van der Waals surface area (Å²) in [6.07, 6.45) is 2.19. The second-order valence-corrected chi connectivity index (χ2v) is 9.03. The van der Waals surface area contributed by atoms with E-state index in [9.17, 15) is 14.7 Å². The van der Waals surface area contributed by atoms with Crippen molar-refractivity contribution in [3.63, 3.8) is 0 Å². The van der Waals surface area contributed by atoms with Crippen molar-refractivity contribution in [3.8, 4) is 5.75 Å². The fourth-order valence-corrected chi connectivity index (χ4v) is 4.49. The van der Waals surface area contributed by atoms with Gasteiger partial charge in [-0.15, -0.1) is 0 Å². The average Bonchev–Trinajstić information content (AvgIpc) is 3.16. The fraction of sp³-hybridized carbons (Fsp3) is 0.435. The maximum absolute atomic E-state index is 12.8. The topological polar surface area (TPSA) is 104 Å². The molecule has 3 aliphatic heterocycles. The molecule has 33 heavy (non-hydrogen) atoms. The van der Waals surface area contributed by atoms with Crippen LogP contribution in [0.5, 0.6) is 5.75 Å². The maximum Gasteiger partial charge on any atom is 0.410 e. The summed E-state index contributed by atoms with van der Waals surface area (Å²) < 4.78 is 11.5. The van der Waals surface area contributed by atoms with E-state index in [2.05, 4.69) is 10.3 Å². The van der Waals surface area contributed by atoms with Gasteiger partial charge in [0.15, 0.2) is 0 Å². The molecule has 5 rings (SSSR count). The zero-order valence-electron chi connectivity index (χ0n) is 17.9. The number of anilines is 1. The molecule has 3 saturated heterocycles. The molecule has 0 spiro atoms. The van der Waals surface area contributed by atoms with E-state index in [1.54, 1.807) is 29.3 Å². The number of carbonyl (C=O) groups excluding carboxylic acids is 2. The van der Waals surface area contributed by atoms with Crippen LogP contribution in [0, 0.1) is 0 Å². The Morgan fingerprint density at radius 3 is 2.85 bits per heavy atom. The minimum atomic E-state index is -0.384. The molecule has 10 heteroatoms. The van der Waals surface area contributed by atoms with Crippen molar-refractivity contribution >= 4 is 29.3 Å². The molecule has 0 unspecified atom stereocenters. The van der Waals surface area contributed by atoms with Gasteiger partial charge in [0.25, 0.3) is 5.91 Å². The van der Waals surface area contributed by atoms with Crippen molar-refractivity contribution < 1.29 is 24.2 Å². The summed E-state index contributed by atoms with van der Waals surface area (Å²) in [5.74, 6) is 0.242. The van der Waals surface area contributed by atoms with Crippen molar-refractivity contribution in [1.82, 2.24) is 15.2 Å². The monoisotopic (exact) mass is 472 g/mol. The van der Waals surface area contributed by atoms with Crippen LogP contribution in [0.25, 0.3) is 0 Å². The van der Waals surface area contributed by atoms with Gasteiger partial charge in [-0.2, -0.15) is 0 Å². The van der Waals surface area contributed by atoms with Gasteiger partial charge in [0.1, 0.15) is 24.2 Å². The van der Waals surface area contributed by atoms with E-state index in [1.165, 1.54) is 0 Å². The highest BCUT2D eigenvalue weighted by atomic mass is 35.5. The number of halogens is 1. The quantitative estimate of drug-likeness (QED) is 0.664. The number of aromatic nitrogens is 1. The first-order valence-corrected chi connectivity index (χ1v) is 11.4. The first-order valence-electron chi connectivity index (χ1n) is 11.0. The van der Waals surface area contributed by atoms with Crippen molar-refractivity contribution in [3.05, 3.63) is 52.8 Å². The lowest BCUT2D eigenvalue weighted by Gasteiger charge is -2.39. The molecule has 9 nitrogen and oxygen atoms in total. The standard InChI is InChI=1S/C23H25ClN4O5/c24-15-3-1-14(2-4-15)9-26-22(30)19-8-21(20(10-25-19)27-11-17(29)12-27)33-18-5-6-28-16(7-18)13-32-23(28)31/h1-4,8,10,16-18,29H,5-7,9,11-13H2,(H,26,30)/t16-,18-/m0/s1. The smallest absolute Gasteiger partial charge is 0.410 e. The van der Waals surface area contributed by atoms with Crippen LogP contribution in [0.1, 0.15) is 28.9 Å². The molecule has 1 aromatic heterocycles. The lowest BCUT2D eigenvalue weighted by molar-refractivity contribution is 0.0907. The third-order valence-electron chi connectivity index (χ3n) is 6.24. The number of hydrogen-bond donors (Lipinski definition) is 2. The minimum absolute atomic E-state index is 0.00881. The number of cyclic esters (lactones) is 1. The first kappa shape index (κ1) is 21.8. The van der Waals surface area contributed by atoms with Gasteiger partial charge in [-0.25, -0.2) is 9.78 Å². The molecule has 0 bridgehead atoms. The number of hydrogen-bond acceptors (Lipinski definition) is 7. The van der Waals surface area contributed by atoms with Gasteiger partial charge in [0.2, 0.25) is 0 Å². The van der Waals surface area contributed by atoms with Gasteiger partial charge in [0.05, 0.1) is 24.0 Å². The summed E-state index contributed by atoms with van der Waals surface area (Å²) in [7, 11) is 0. The van der Waals surface area contributed by atoms with Crippen LogP contribution in [0.2, 0.25) is 5.02 Å². The second-order valence-electron chi connectivity index (χ2n) is 8.59. The lowest BCUT2D eigenvalue weighted by atomic mass is 10.0. The van der Waals surface area contributed by atoms with Crippen LogP contribution >= 0.6 is 11.6 Å². The predicted octanol–water partition coefficient (Wildman–Crippen LogP) is 2.21. The van der Waals surface area contributed by atoms with Crippen LogP contribution in [0.15, 0.2) is 36.5 Å². The Balaban J connectivity index is 1.30. The molecule has 2 N–H and O–H groups in total. The number of pyridine rings is 1. The number of aliphatic hydroxyl groups is 1. The molecule has 3 fully saturated rings. The molecule has 2 atom stereocenters. The molecule has 0 aliphatic carbocycles. The highest BCUT2D eigenvalue weighted by Gasteiger charge is 2.39. The number of carbonyl (C=O) groups is 2. The van der Waals surface area contributed by atoms with Crippen LogP contribution < -0.4 is 15.0 Å². The highest BCUT2D eigenvalue weighted by Crippen LogP contribution is 2.35. The third-order valence-corrected chi connectivity index (χ3v) is 6.50. The van der Waals surface area contributed by atoms with Gasteiger partial charge in [-0.1, -0.05) is 23.7 Å². The number of benzene rings is 1. The normalized spacial score (nSPS) is 22.4. The summed E-state index contributed by atoms with van der Waals surface area (Å²) in [5.41, 5.74) is 1.92. The van der Waals surface area contributed by atoms with Crippen molar-refractivity contribution in [2.45, 2.75) is 37.6 Å². The van der Waals surface area contributed by atoms with E-state index in [1.807, 2.05) is 17.0 Å². The Kier molecular flexibility index (Phi) is 5.99. The molecule has 174 valence electrons. The predicted molar refractivity (Wildman–Crippen MR) is 121 cm³/mol. The van der Waals surface area contributed by atoms with Gasteiger partial charge in [0, 0.05) is 50.1 Å². The largest absolute Gasteiger partial charge is 0.488 e. The number of β-amino-alcohol motifs (C(OH)–C–C–N with tert-alkyl or cyclic N) is 1. The van der Waals surface area contributed by atoms with Crippen LogP contribution in [-0.2, 0) is 11.3 Å². The molecule has 0 saturated carbocycles. The van der Waals surface area contributed by atoms with Crippen LogP contribution in [0.3, 0.4) is 0 Å². The fourth-order valence-electron chi connectivity index (χ4n) is 4.36. The molecular weight excluding hydrogens is 448 g/mol.